The number of nitrogens with one attached hydrogen (secondary N) is 1. The quantitative estimate of drug-likeness (QED) is 0.808. The Morgan fingerprint density at radius 3 is 2.71 bits per heavy atom. The molecule has 2 heteroatoms. The van der Waals surface area contributed by atoms with Crippen molar-refractivity contribution in [1.29, 1.82) is 0 Å². The third-order valence-corrected chi connectivity index (χ3v) is 6.95. The summed E-state index contributed by atoms with van der Waals surface area (Å²) >= 11 is 2.08. The van der Waals surface area contributed by atoms with Crippen molar-refractivity contribution in [2.45, 2.75) is 61.8 Å². The molecular weight excluding hydrogens is 274 g/mol. The van der Waals surface area contributed by atoms with Crippen LogP contribution in [0.5, 0.6) is 0 Å². The fourth-order valence-corrected chi connectivity index (χ4v) is 5.54. The molecule has 1 aliphatic heterocycles. The zero-order valence-corrected chi connectivity index (χ0v) is 13.7. The van der Waals surface area contributed by atoms with Gasteiger partial charge in [0.25, 0.3) is 0 Å². The molecule has 1 N–H and O–H groups in total. The van der Waals surface area contributed by atoms with Gasteiger partial charge in [-0.05, 0) is 55.2 Å². The lowest BCUT2D eigenvalue weighted by Crippen LogP contribution is -2.30. The van der Waals surface area contributed by atoms with Crippen LogP contribution in [-0.4, -0.2) is 18.3 Å². The molecule has 0 saturated heterocycles. The first-order valence-corrected chi connectivity index (χ1v) is 9.84. The monoisotopic (exact) mass is 301 g/mol. The van der Waals surface area contributed by atoms with E-state index in [4.69, 9.17) is 0 Å². The van der Waals surface area contributed by atoms with E-state index in [2.05, 4.69) is 41.3 Å². The second-order valence-electron chi connectivity index (χ2n) is 7.27. The second-order valence-corrected chi connectivity index (χ2v) is 8.33. The first kappa shape index (κ1) is 14.1. The van der Waals surface area contributed by atoms with E-state index in [1.54, 1.807) is 10.5 Å². The van der Waals surface area contributed by atoms with Crippen LogP contribution in [-0.2, 0) is 0 Å². The molecule has 0 spiro atoms. The van der Waals surface area contributed by atoms with Gasteiger partial charge in [0.2, 0.25) is 0 Å². The number of hydrogen-bond donors (Lipinski definition) is 1. The number of rotatable bonds is 6. The summed E-state index contributed by atoms with van der Waals surface area (Å²) in [5.41, 5.74) is 1.64. The highest BCUT2D eigenvalue weighted by Crippen LogP contribution is 2.45. The average Bonchev–Trinajstić information content (AvgIpc) is 3.02. The van der Waals surface area contributed by atoms with E-state index in [0.717, 1.165) is 23.8 Å². The normalized spacial score (nSPS) is 27.0. The summed E-state index contributed by atoms with van der Waals surface area (Å²) in [6, 6.07) is 9.97. The minimum Gasteiger partial charge on any atom is -0.314 e. The fraction of sp³-hybridized carbons (Fsp3) is 0.684. The molecule has 21 heavy (non-hydrogen) atoms. The second kappa shape index (κ2) is 6.34. The maximum absolute atomic E-state index is 3.82. The van der Waals surface area contributed by atoms with Crippen molar-refractivity contribution in [3.05, 3.63) is 29.8 Å². The van der Waals surface area contributed by atoms with Crippen molar-refractivity contribution < 1.29 is 0 Å². The summed E-state index contributed by atoms with van der Waals surface area (Å²) in [4.78, 5) is 1.54. The molecule has 0 radical (unpaired) electrons. The van der Waals surface area contributed by atoms with Gasteiger partial charge in [0.1, 0.15) is 0 Å². The highest BCUT2D eigenvalue weighted by Gasteiger charge is 2.32. The summed E-state index contributed by atoms with van der Waals surface area (Å²) in [6.45, 7) is 1.28. The lowest BCUT2D eigenvalue weighted by Gasteiger charge is -2.27. The molecule has 0 bridgehead atoms. The van der Waals surface area contributed by atoms with Crippen LogP contribution in [0.3, 0.4) is 0 Å². The number of fused-ring (bicyclic) bond motifs is 1. The van der Waals surface area contributed by atoms with Crippen LogP contribution in [0.25, 0.3) is 0 Å². The van der Waals surface area contributed by atoms with Crippen molar-refractivity contribution in [2.75, 3.05) is 12.3 Å². The predicted octanol–water partition coefficient (Wildman–Crippen LogP) is 4.82. The lowest BCUT2D eigenvalue weighted by atomic mass is 9.81. The molecule has 1 aromatic rings. The fourth-order valence-electron chi connectivity index (χ4n) is 4.27. The zero-order chi connectivity index (χ0) is 14.1. The molecule has 2 atom stereocenters. The molecule has 2 unspecified atom stereocenters. The van der Waals surface area contributed by atoms with Gasteiger partial charge in [-0.1, -0.05) is 43.9 Å². The van der Waals surface area contributed by atoms with Crippen LogP contribution >= 0.6 is 11.8 Å². The first-order chi connectivity index (χ1) is 10.4. The Hall–Kier alpha value is -0.470. The maximum Gasteiger partial charge on any atom is 0.0107 e. The van der Waals surface area contributed by atoms with Gasteiger partial charge in [-0.25, -0.2) is 0 Å². The van der Waals surface area contributed by atoms with E-state index >= 15 is 0 Å². The minimum absolute atomic E-state index is 0.804. The standard InChI is InChI=1S/C19H27NS/c1-2-6-14(5-1)15(12-20-17-9-10-17)11-16-13-21-19-8-4-3-7-18(16)19/h3-4,7-8,14-17,20H,1-2,5-6,9-13H2. The van der Waals surface area contributed by atoms with Crippen molar-refractivity contribution in [3.8, 4) is 0 Å². The van der Waals surface area contributed by atoms with Crippen LogP contribution in [0.4, 0.5) is 0 Å². The molecule has 114 valence electrons. The SMILES string of the molecule is c1ccc2c(c1)SCC2CC(CNC1CC1)C1CCCC1. The molecule has 0 amide bonds. The number of hydrogen-bond acceptors (Lipinski definition) is 2. The van der Waals surface area contributed by atoms with Crippen molar-refractivity contribution in [3.63, 3.8) is 0 Å². The Kier molecular flexibility index (Phi) is 4.27. The van der Waals surface area contributed by atoms with Crippen LogP contribution in [0.2, 0.25) is 0 Å². The van der Waals surface area contributed by atoms with Crippen molar-refractivity contribution >= 4 is 11.8 Å². The molecule has 2 saturated carbocycles. The van der Waals surface area contributed by atoms with Crippen molar-refractivity contribution in [2.24, 2.45) is 11.8 Å². The molecule has 1 nitrogen and oxygen atoms in total. The number of benzene rings is 1. The average molecular weight is 301 g/mol. The van der Waals surface area contributed by atoms with E-state index in [0.29, 0.717) is 0 Å². The van der Waals surface area contributed by atoms with Crippen LogP contribution < -0.4 is 5.32 Å². The van der Waals surface area contributed by atoms with E-state index < -0.39 is 0 Å². The summed E-state index contributed by atoms with van der Waals surface area (Å²) in [6.07, 6.45) is 10.2. The molecule has 2 aliphatic carbocycles. The van der Waals surface area contributed by atoms with Gasteiger partial charge < -0.3 is 5.32 Å². The smallest absolute Gasteiger partial charge is 0.0107 e. The maximum atomic E-state index is 3.82. The van der Waals surface area contributed by atoms with Gasteiger partial charge in [-0.15, -0.1) is 11.8 Å². The third kappa shape index (κ3) is 3.32. The Bertz CT molecular complexity index is 476. The Morgan fingerprint density at radius 1 is 1.10 bits per heavy atom. The van der Waals surface area contributed by atoms with Gasteiger partial charge in [-0.3, -0.25) is 0 Å². The van der Waals surface area contributed by atoms with E-state index in [1.165, 1.54) is 57.2 Å². The summed E-state index contributed by atoms with van der Waals surface area (Å²) < 4.78 is 0. The van der Waals surface area contributed by atoms with E-state index in [-0.39, 0.29) is 0 Å². The summed E-state index contributed by atoms with van der Waals surface area (Å²) in [5.74, 6) is 4.02. The Balaban J connectivity index is 1.43. The van der Waals surface area contributed by atoms with Crippen LogP contribution in [0, 0.1) is 11.8 Å². The minimum atomic E-state index is 0.804. The van der Waals surface area contributed by atoms with Gasteiger partial charge in [0.15, 0.2) is 0 Å². The summed E-state index contributed by atoms with van der Waals surface area (Å²) in [5, 5.41) is 3.82. The van der Waals surface area contributed by atoms with Gasteiger partial charge in [0.05, 0.1) is 0 Å². The molecule has 4 rings (SSSR count). The van der Waals surface area contributed by atoms with Crippen molar-refractivity contribution in [1.82, 2.24) is 5.32 Å². The van der Waals surface area contributed by atoms with Crippen LogP contribution in [0.1, 0.15) is 56.4 Å². The molecule has 3 aliphatic rings. The zero-order valence-electron chi connectivity index (χ0n) is 12.9. The largest absolute Gasteiger partial charge is 0.314 e. The highest BCUT2D eigenvalue weighted by atomic mass is 32.2. The first-order valence-electron chi connectivity index (χ1n) is 8.85. The Morgan fingerprint density at radius 2 is 1.90 bits per heavy atom. The van der Waals surface area contributed by atoms with E-state index in [1.807, 2.05) is 0 Å². The third-order valence-electron chi connectivity index (χ3n) is 5.70. The molecular formula is C19H27NS. The summed E-state index contributed by atoms with van der Waals surface area (Å²) in [7, 11) is 0. The Labute approximate surface area is 133 Å². The predicted molar refractivity (Wildman–Crippen MR) is 91.0 cm³/mol. The lowest BCUT2D eigenvalue weighted by molar-refractivity contribution is 0.290. The molecule has 0 aromatic heterocycles. The number of thioether (sulfide) groups is 1. The molecule has 1 heterocycles. The molecule has 2 fully saturated rings. The molecule has 1 aromatic carbocycles. The van der Waals surface area contributed by atoms with Crippen LogP contribution in [0.15, 0.2) is 29.2 Å². The highest BCUT2D eigenvalue weighted by molar-refractivity contribution is 7.99. The van der Waals surface area contributed by atoms with Gasteiger partial charge >= 0.3 is 0 Å². The van der Waals surface area contributed by atoms with E-state index in [9.17, 15) is 0 Å². The van der Waals surface area contributed by atoms with Gasteiger partial charge in [0, 0.05) is 16.7 Å². The van der Waals surface area contributed by atoms with Gasteiger partial charge in [-0.2, -0.15) is 0 Å². The topological polar surface area (TPSA) is 12.0 Å².